The molecule has 1 atom stereocenters. The summed E-state index contributed by atoms with van der Waals surface area (Å²) in [6, 6.07) is 0. The zero-order valence-electron chi connectivity index (χ0n) is 9.32. The predicted molar refractivity (Wildman–Crippen MR) is 53.5 cm³/mol. The minimum absolute atomic E-state index is 0.0429. The summed E-state index contributed by atoms with van der Waals surface area (Å²) in [5.41, 5.74) is -0.346. The molecular formula is C10H17NO4. The fourth-order valence-electron chi connectivity index (χ4n) is 1.78. The lowest BCUT2D eigenvalue weighted by Crippen LogP contribution is -2.58. The number of aliphatic carboxylic acids is 1. The van der Waals surface area contributed by atoms with Crippen LogP contribution in [0.2, 0.25) is 0 Å². The molecule has 0 radical (unpaired) electrons. The van der Waals surface area contributed by atoms with E-state index in [9.17, 15) is 9.59 Å². The van der Waals surface area contributed by atoms with E-state index in [1.807, 2.05) is 13.8 Å². The molecule has 0 aromatic carbocycles. The molecule has 0 aliphatic carbocycles. The first kappa shape index (κ1) is 12.0. The standard InChI is InChI=1S/C10H17NO4/c1-7(12)11-5-8(4-9(13)14)15-6-10(11,2)3/h8H,4-6H2,1-3H3,(H,13,14). The number of nitrogens with zero attached hydrogens (tertiary/aromatic N) is 1. The Labute approximate surface area is 89.0 Å². The van der Waals surface area contributed by atoms with E-state index in [4.69, 9.17) is 9.84 Å². The van der Waals surface area contributed by atoms with Crippen molar-refractivity contribution in [1.82, 2.24) is 4.90 Å². The summed E-state index contributed by atoms with van der Waals surface area (Å²) in [5, 5.41) is 8.64. The molecule has 0 aromatic heterocycles. The van der Waals surface area contributed by atoms with Crippen molar-refractivity contribution in [2.45, 2.75) is 38.8 Å². The van der Waals surface area contributed by atoms with Gasteiger partial charge in [0.2, 0.25) is 5.91 Å². The second kappa shape index (κ2) is 4.18. The van der Waals surface area contributed by atoms with Gasteiger partial charge in [-0.05, 0) is 13.8 Å². The molecule has 1 unspecified atom stereocenters. The van der Waals surface area contributed by atoms with Crippen LogP contribution in [0.3, 0.4) is 0 Å². The van der Waals surface area contributed by atoms with Gasteiger partial charge >= 0.3 is 5.97 Å². The number of amides is 1. The fraction of sp³-hybridized carbons (Fsp3) is 0.800. The van der Waals surface area contributed by atoms with E-state index in [0.717, 1.165) is 0 Å². The van der Waals surface area contributed by atoms with Gasteiger partial charge in [-0.3, -0.25) is 9.59 Å². The van der Waals surface area contributed by atoms with Crippen molar-refractivity contribution in [3.8, 4) is 0 Å². The Bertz CT molecular complexity index is 275. The minimum atomic E-state index is -0.900. The lowest BCUT2D eigenvalue weighted by atomic mass is 10.00. The molecule has 0 aromatic rings. The highest BCUT2D eigenvalue weighted by molar-refractivity contribution is 5.74. The van der Waals surface area contributed by atoms with Crippen molar-refractivity contribution in [3.05, 3.63) is 0 Å². The third-order valence-corrected chi connectivity index (χ3v) is 2.57. The Balaban J connectivity index is 2.66. The topological polar surface area (TPSA) is 66.8 Å². The summed E-state index contributed by atoms with van der Waals surface area (Å²) in [5.74, 6) is -0.943. The molecule has 1 amide bonds. The number of ether oxygens (including phenoxy) is 1. The molecule has 1 rings (SSSR count). The van der Waals surface area contributed by atoms with E-state index in [-0.39, 0.29) is 24.0 Å². The van der Waals surface area contributed by atoms with Gasteiger partial charge in [-0.2, -0.15) is 0 Å². The van der Waals surface area contributed by atoms with Gasteiger partial charge in [0.05, 0.1) is 24.7 Å². The number of hydrogen-bond acceptors (Lipinski definition) is 3. The smallest absolute Gasteiger partial charge is 0.306 e. The monoisotopic (exact) mass is 215 g/mol. The van der Waals surface area contributed by atoms with Crippen LogP contribution in [-0.4, -0.2) is 46.7 Å². The van der Waals surface area contributed by atoms with E-state index in [2.05, 4.69) is 0 Å². The summed E-state index contributed by atoms with van der Waals surface area (Å²) in [6.07, 6.45) is -0.445. The first-order chi connectivity index (χ1) is 6.83. The normalized spacial score (nSPS) is 25.0. The molecule has 86 valence electrons. The van der Waals surface area contributed by atoms with Crippen molar-refractivity contribution in [2.75, 3.05) is 13.2 Å². The molecule has 1 saturated heterocycles. The van der Waals surface area contributed by atoms with Crippen LogP contribution < -0.4 is 0 Å². The van der Waals surface area contributed by atoms with Gasteiger partial charge in [0.25, 0.3) is 0 Å². The first-order valence-corrected chi connectivity index (χ1v) is 4.94. The summed E-state index contributed by atoms with van der Waals surface area (Å²) in [7, 11) is 0. The third kappa shape index (κ3) is 2.92. The maximum atomic E-state index is 11.4. The molecule has 1 fully saturated rings. The van der Waals surface area contributed by atoms with Crippen LogP contribution in [0.1, 0.15) is 27.2 Å². The largest absolute Gasteiger partial charge is 0.481 e. The first-order valence-electron chi connectivity index (χ1n) is 4.94. The SMILES string of the molecule is CC(=O)N1CC(CC(=O)O)OCC1(C)C. The van der Waals surface area contributed by atoms with Gasteiger partial charge in [-0.15, -0.1) is 0 Å². The number of rotatable bonds is 2. The Morgan fingerprint density at radius 1 is 1.53 bits per heavy atom. The van der Waals surface area contributed by atoms with Gasteiger partial charge < -0.3 is 14.7 Å². The van der Waals surface area contributed by atoms with E-state index in [1.54, 1.807) is 4.90 Å². The van der Waals surface area contributed by atoms with Gasteiger partial charge in [-0.1, -0.05) is 0 Å². The Hall–Kier alpha value is -1.10. The Morgan fingerprint density at radius 3 is 2.60 bits per heavy atom. The molecule has 0 spiro atoms. The third-order valence-electron chi connectivity index (χ3n) is 2.57. The van der Waals surface area contributed by atoms with E-state index in [1.165, 1.54) is 6.92 Å². The molecule has 5 nitrogen and oxygen atoms in total. The van der Waals surface area contributed by atoms with Crippen LogP contribution >= 0.6 is 0 Å². The van der Waals surface area contributed by atoms with Crippen molar-refractivity contribution in [3.63, 3.8) is 0 Å². The van der Waals surface area contributed by atoms with Gasteiger partial charge in [0.15, 0.2) is 0 Å². The van der Waals surface area contributed by atoms with Gasteiger partial charge in [0.1, 0.15) is 0 Å². The zero-order valence-corrected chi connectivity index (χ0v) is 9.32. The van der Waals surface area contributed by atoms with Crippen molar-refractivity contribution in [2.24, 2.45) is 0 Å². The highest BCUT2D eigenvalue weighted by Gasteiger charge is 2.37. The number of carbonyl (C=O) groups excluding carboxylic acids is 1. The molecule has 1 aliphatic heterocycles. The summed E-state index contributed by atoms with van der Waals surface area (Å²) in [4.78, 5) is 23.6. The maximum Gasteiger partial charge on any atom is 0.306 e. The zero-order chi connectivity index (χ0) is 11.6. The fourth-order valence-corrected chi connectivity index (χ4v) is 1.78. The molecule has 1 aliphatic rings. The summed E-state index contributed by atoms with van der Waals surface area (Å²) >= 11 is 0. The predicted octanol–water partition coefficient (Wildman–Crippen LogP) is 0.487. The van der Waals surface area contributed by atoms with Crippen LogP contribution in [0.25, 0.3) is 0 Å². The van der Waals surface area contributed by atoms with E-state index < -0.39 is 5.97 Å². The number of hydrogen-bond donors (Lipinski definition) is 1. The maximum absolute atomic E-state index is 11.4. The average molecular weight is 215 g/mol. The van der Waals surface area contributed by atoms with Gasteiger partial charge in [-0.25, -0.2) is 0 Å². The van der Waals surface area contributed by atoms with Crippen LogP contribution in [0.15, 0.2) is 0 Å². The van der Waals surface area contributed by atoms with Crippen LogP contribution in [0.5, 0.6) is 0 Å². The number of carboxylic acids is 1. The number of carboxylic acid groups (broad SMARTS) is 1. The summed E-state index contributed by atoms with van der Waals surface area (Å²) in [6.45, 7) is 6.04. The molecule has 5 heteroatoms. The lowest BCUT2D eigenvalue weighted by molar-refractivity contribution is -0.159. The van der Waals surface area contributed by atoms with E-state index >= 15 is 0 Å². The highest BCUT2D eigenvalue weighted by Crippen LogP contribution is 2.23. The van der Waals surface area contributed by atoms with Gasteiger partial charge in [0, 0.05) is 13.5 Å². The van der Waals surface area contributed by atoms with Crippen LogP contribution in [0.4, 0.5) is 0 Å². The van der Waals surface area contributed by atoms with E-state index in [0.29, 0.717) is 13.2 Å². The molecule has 1 N–H and O–H groups in total. The summed E-state index contributed by atoms with van der Waals surface area (Å²) < 4.78 is 5.41. The molecule has 1 heterocycles. The average Bonchev–Trinajstić information content (AvgIpc) is 2.06. The lowest BCUT2D eigenvalue weighted by Gasteiger charge is -2.44. The number of carbonyl (C=O) groups is 2. The molecule has 15 heavy (non-hydrogen) atoms. The van der Waals surface area contributed by atoms with Crippen molar-refractivity contribution < 1.29 is 19.4 Å². The second-order valence-electron chi connectivity index (χ2n) is 4.47. The van der Waals surface area contributed by atoms with Crippen LogP contribution in [0, 0.1) is 0 Å². The second-order valence-corrected chi connectivity index (χ2v) is 4.47. The Morgan fingerprint density at radius 2 is 2.13 bits per heavy atom. The quantitative estimate of drug-likeness (QED) is 0.727. The molecule has 0 bridgehead atoms. The molecular weight excluding hydrogens is 198 g/mol. The Kier molecular flexibility index (Phi) is 3.34. The molecule has 0 saturated carbocycles. The van der Waals surface area contributed by atoms with Crippen molar-refractivity contribution in [1.29, 1.82) is 0 Å². The highest BCUT2D eigenvalue weighted by atomic mass is 16.5. The van der Waals surface area contributed by atoms with Crippen molar-refractivity contribution >= 4 is 11.9 Å². The minimum Gasteiger partial charge on any atom is -0.481 e. The van der Waals surface area contributed by atoms with Crippen LogP contribution in [-0.2, 0) is 14.3 Å². The number of morpholine rings is 1.